The van der Waals surface area contributed by atoms with Gasteiger partial charge in [-0.2, -0.15) is 0 Å². The fourth-order valence-electron chi connectivity index (χ4n) is 2.06. The van der Waals surface area contributed by atoms with Gasteiger partial charge in [-0.25, -0.2) is 0 Å². The number of anilines is 1. The minimum atomic E-state index is -0.0701. The molecule has 0 radical (unpaired) electrons. The standard InChI is InChI=1S/C17H18BrNO2/c1-3-12-4-6-13(7-5-12)10-21-17-15(11(2)20)8-14(18)9-16(17)19/h4-9H,3,10,19H2,1-2H3. The maximum atomic E-state index is 11.7. The van der Waals surface area contributed by atoms with E-state index in [1.54, 1.807) is 12.1 Å². The van der Waals surface area contributed by atoms with Crippen molar-refractivity contribution in [2.75, 3.05) is 5.73 Å². The lowest BCUT2D eigenvalue weighted by Crippen LogP contribution is -2.05. The highest BCUT2D eigenvalue weighted by atomic mass is 79.9. The maximum Gasteiger partial charge on any atom is 0.163 e. The summed E-state index contributed by atoms with van der Waals surface area (Å²) in [6.45, 7) is 4.01. The number of ketones is 1. The molecule has 0 heterocycles. The van der Waals surface area contributed by atoms with Gasteiger partial charge in [-0.15, -0.1) is 0 Å². The third kappa shape index (κ3) is 3.85. The summed E-state index contributed by atoms with van der Waals surface area (Å²) in [5.74, 6) is 0.379. The van der Waals surface area contributed by atoms with Crippen LogP contribution < -0.4 is 10.5 Å². The Morgan fingerprint density at radius 2 is 1.81 bits per heavy atom. The number of hydrogen-bond acceptors (Lipinski definition) is 3. The number of benzene rings is 2. The Balaban J connectivity index is 2.20. The van der Waals surface area contributed by atoms with Crippen molar-refractivity contribution in [3.63, 3.8) is 0 Å². The van der Waals surface area contributed by atoms with Gasteiger partial charge in [0.1, 0.15) is 6.61 Å². The van der Waals surface area contributed by atoms with Crippen molar-refractivity contribution in [3.05, 3.63) is 57.6 Å². The van der Waals surface area contributed by atoms with E-state index in [4.69, 9.17) is 10.5 Å². The van der Waals surface area contributed by atoms with Gasteiger partial charge >= 0.3 is 0 Å². The first-order chi connectivity index (χ1) is 10.0. The smallest absolute Gasteiger partial charge is 0.163 e. The zero-order valence-corrected chi connectivity index (χ0v) is 13.7. The van der Waals surface area contributed by atoms with E-state index in [1.165, 1.54) is 12.5 Å². The molecule has 0 amide bonds. The molecule has 0 aliphatic heterocycles. The SMILES string of the molecule is CCc1ccc(COc2c(N)cc(Br)cc2C(C)=O)cc1. The van der Waals surface area contributed by atoms with Crippen LogP contribution in [0.25, 0.3) is 0 Å². The highest BCUT2D eigenvalue weighted by Gasteiger charge is 2.13. The zero-order chi connectivity index (χ0) is 15.4. The third-order valence-corrected chi connectivity index (χ3v) is 3.73. The van der Waals surface area contributed by atoms with Crippen molar-refractivity contribution in [2.45, 2.75) is 26.9 Å². The van der Waals surface area contributed by atoms with Crippen molar-refractivity contribution in [1.29, 1.82) is 0 Å². The van der Waals surface area contributed by atoms with Gasteiger partial charge in [0.25, 0.3) is 0 Å². The largest absolute Gasteiger partial charge is 0.486 e. The molecule has 0 saturated heterocycles. The van der Waals surface area contributed by atoms with Crippen LogP contribution in [-0.4, -0.2) is 5.78 Å². The molecule has 2 aromatic rings. The quantitative estimate of drug-likeness (QED) is 0.645. The molecule has 0 unspecified atom stereocenters. The second-order valence-corrected chi connectivity index (χ2v) is 5.80. The molecule has 0 bridgehead atoms. The predicted octanol–water partition coefficient (Wildman–Crippen LogP) is 4.38. The summed E-state index contributed by atoms with van der Waals surface area (Å²) in [6.07, 6.45) is 1.01. The molecule has 0 aliphatic rings. The number of rotatable bonds is 5. The van der Waals surface area contributed by atoms with E-state index in [-0.39, 0.29) is 5.78 Å². The van der Waals surface area contributed by atoms with E-state index >= 15 is 0 Å². The predicted molar refractivity (Wildman–Crippen MR) is 88.7 cm³/mol. The van der Waals surface area contributed by atoms with Crippen molar-refractivity contribution in [3.8, 4) is 5.75 Å². The Bertz CT molecular complexity index is 651. The maximum absolute atomic E-state index is 11.7. The van der Waals surface area contributed by atoms with Crippen molar-refractivity contribution < 1.29 is 9.53 Å². The monoisotopic (exact) mass is 347 g/mol. The molecule has 0 spiro atoms. The van der Waals surface area contributed by atoms with Gasteiger partial charge in [0.05, 0.1) is 11.3 Å². The minimum Gasteiger partial charge on any atom is -0.486 e. The second-order valence-electron chi connectivity index (χ2n) is 4.89. The van der Waals surface area contributed by atoms with Crippen LogP contribution in [-0.2, 0) is 13.0 Å². The normalized spacial score (nSPS) is 10.4. The number of ether oxygens (including phenoxy) is 1. The molecule has 110 valence electrons. The van der Waals surface area contributed by atoms with E-state index in [0.29, 0.717) is 23.6 Å². The molecule has 0 aliphatic carbocycles. The number of hydrogen-bond donors (Lipinski definition) is 1. The van der Waals surface area contributed by atoms with Crippen LogP contribution >= 0.6 is 15.9 Å². The number of carbonyl (C=O) groups is 1. The first-order valence-corrected chi connectivity index (χ1v) is 7.61. The van der Waals surface area contributed by atoms with Gasteiger partial charge < -0.3 is 10.5 Å². The summed E-state index contributed by atoms with van der Waals surface area (Å²) >= 11 is 3.34. The summed E-state index contributed by atoms with van der Waals surface area (Å²) in [5.41, 5.74) is 9.24. The van der Waals surface area contributed by atoms with Crippen LogP contribution in [0.4, 0.5) is 5.69 Å². The number of Topliss-reactive ketones (excluding diaryl/α,β-unsaturated/α-hetero) is 1. The number of aryl methyl sites for hydroxylation is 1. The van der Waals surface area contributed by atoms with Crippen molar-refractivity contribution in [2.24, 2.45) is 0 Å². The molecule has 3 nitrogen and oxygen atoms in total. The van der Waals surface area contributed by atoms with Crippen molar-refractivity contribution >= 4 is 27.4 Å². The van der Waals surface area contributed by atoms with E-state index in [1.807, 2.05) is 12.1 Å². The van der Waals surface area contributed by atoms with Crippen LogP contribution in [0.5, 0.6) is 5.75 Å². The molecular formula is C17H18BrNO2. The van der Waals surface area contributed by atoms with Gasteiger partial charge in [0.15, 0.2) is 11.5 Å². The summed E-state index contributed by atoms with van der Waals surface area (Å²) in [7, 11) is 0. The van der Waals surface area contributed by atoms with Gasteiger partial charge in [-0.05, 0) is 36.6 Å². The van der Waals surface area contributed by atoms with Crippen LogP contribution in [0.1, 0.15) is 35.3 Å². The molecule has 0 atom stereocenters. The number of carbonyl (C=O) groups excluding carboxylic acids is 1. The molecule has 4 heteroatoms. The molecule has 0 aromatic heterocycles. The van der Waals surface area contributed by atoms with Crippen LogP contribution in [0, 0.1) is 0 Å². The molecule has 2 aromatic carbocycles. The number of halogens is 1. The second kappa shape index (κ2) is 6.76. The molecule has 0 fully saturated rings. The number of nitrogen functional groups attached to an aromatic ring is 1. The Morgan fingerprint density at radius 1 is 1.19 bits per heavy atom. The van der Waals surface area contributed by atoms with E-state index in [0.717, 1.165) is 16.5 Å². The average molecular weight is 348 g/mol. The first kappa shape index (κ1) is 15.6. The summed E-state index contributed by atoms with van der Waals surface area (Å²) in [5, 5.41) is 0. The average Bonchev–Trinajstić information content (AvgIpc) is 2.46. The van der Waals surface area contributed by atoms with Gasteiger partial charge in [-0.3, -0.25) is 4.79 Å². The minimum absolute atomic E-state index is 0.0701. The molecule has 2 rings (SSSR count). The topological polar surface area (TPSA) is 52.3 Å². The third-order valence-electron chi connectivity index (χ3n) is 3.28. The molecule has 0 saturated carbocycles. The highest BCUT2D eigenvalue weighted by Crippen LogP contribution is 2.31. The summed E-state index contributed by atoms with van der Waals surface area (Å²) in [6, 6.07) is 11.7. The zero-order valence-electron chi connectivity index (χ0n) is 12.2. The molecular weight excluding hydrogens is 330 g/mol. The highest BCUT2D eigenvalue weighted by molar-refractivity contribution is 9.10. The lowest BCUT2D eigenvalue weighted by Gasteiger charge is -2.13. The van der Waals surface area contributed by atoms with E-state index in [9.17, 15) is 4.79 Å². The lowest BCUT2D eigenvalue weighted by molar-refractivity contribution is 0.101. The Labute approximate surface area is 133 Å². The van der Waals surface area contributed by atoms with Crippen LogP contribution in [0.2, 0.25) is 0 Å². The molecule has 2 N–H and O–H groups in total. The van der Waals surface area contributed by atoms with Crippen LogP contribution in [0.3, 0.4) is 0 Å². The number of nitrogens with two attached hydrogens (primary N) is 1. The lowest BCUT2D eigenvalue weighted by atomic mass is 10.1. The van der Waals surface area contributed by atoms with Crippen LogP contribution in [0.15, 0.2) is 40.9 Å². The molecule has 21 heavy (non-hydrogen) atoms. The first-order valence-electron chi connectivity index (χ1n) is 6.81. The Kier molecular flexibility index (Phi) is 5.02. The fourth-order valence-corrected chi connectivity index (χ4v) is 2.54. The van der Waals surface area contributed by atoms with Gasteiger partial charge in [-0.1, -0.05) is 47.1 Å². The Morgan fingerprint density at radius 3 is 2.38 bits per heavy atom. The summed E-state index contributed by atoms with van der Waals surface area (Å²) < 4.78 is 6.55. The van der Waals surface area contributed by atoms with Crippen molar-refractivity contribution in [1.82, 2.24) is 0 Å². The summed E-state index contributed by atoms with van der Waals surface area (Å²) in [4.78, 5) is 11.7. The fraction of sp³-hybridized carbons (Fsp3) is 0.235. The Hall–Kier alpha value is -1.81. The van der Waals surface area contributed by atoms with Gasteiger partial charge in [0.2, 0.25) is 0 Å². The van der Waals surface area contributed by atoms with E-state index < -0.39 is 0 Å². The van der Waals surface area contributed by atoms with E-state index in [2.05, 4.69) is 35.0 Å². The van der Waals surface area contributed by atoms with Gasteiger partial charge in [0, 0.05) is 4.47 Å².